The molecule has 0 spiro atoms. The molecular weight excluding hydrogens is 166 g/mol. The third kappa shape index (κ3) is 4.34. The molecule has 0 bridgehead atoms. The first-order valence-electron chi connectivity index (χ1n) is 3.68. The lowest BCUT2D eigenvalue weighted by atomic mass is 10.2. The van der Waals surface area contributed by atoms with Gasteiger partial charge in [0.1, 0.15) is 0 Å². The molecule has 0 aromatic heterocycles. The molecule has 0 aromatic carbocycles. The summed E-state index contributed by atoms with van der Waals surface area (Å²) in [4.78, 5) is 0. The van der Waals surface area contributed by atoms with Crippen molar-refractivity contribution >= 4 is 10.1 Å². The van der Waals surface area contributed by atoms with E-state index in [4.69, 9.17) is 10.3 Å². The van der Waals surface area contributed by atoms with Crippen LogP contribution in [0.15, 0.2) is 0 Å². The highest BCUT2D eigenvalue weighted by atomic mass is 32.2. The van der Waals surface area contributed by atoms with Crippen molar-refractivity contribution in [2.45, 2.75) is 31.4 Å². The Balaban J connectivity index is 3.97. The van der Waals surface area contributed by atoms with Crippen LogP contribution in [0.1, 0.15) is 26.2 Å². The van der Waals surface area contributed by atoms with Gasteiger partial charge in [-0.05, 0) is 25.8 Å². The standard InChI is InChI=1S/C6H15NO3S/c1-2-6(4-3-5-7)11(8,9)10/h6H,2-5,7H2,1H3,(H,8,9,10). The molecule has 11 heavy (non-hydrogen) atoms. The van der Waals surface area contributed by atoms with E-state index in [0.717, 1.165) is 0 Å². The third-order valence-electron chi connectivity index (χ3n) is 1.61. The summed E-state index contributed by atoms with van der Waals surface area (Å²) in [6.45, 7) is 2.20. The van der Waals surface area contributed by atoms with E-state index in [1.165, 1.54) is 0 Å². The van der Waals surface area contributed by atoms with Crippen molar-refractivity contribution in [1.82, 2.24) is 0 Å². The van der Waals surface area contributed by atoms with Crippen LogP contribution in [0.2, 0.25) is 0 Å². The smallest absolute Gasteiger partial charge is 0.267 e. The molecule has 1 unspecified atom stereocenters. The van der Waals surface area contributed by atoms with Gasteiger partial charge < -0.3 is 5.73 Å². The second-order valence-corrected chi connectivity index (χ2v) is 4.17. The van der Waals surface area contributed by atoms with E-state index in [1.807, 2.05) is 0 Å². The normalized spacial score (nSPS) is 14.8. The highest BCUT2D eigenvalue weighted by Gasteiger charge is 2.19. The Kier molecular flexibility index (Phi) is 4.63. The topological polar surface area (TPSA) is 80.4 Å². The molecule has 1 atom stereocenters. The van der Waals surface area contributed by atoms with Gasteiger partial charge in [0.25, 0.3) is 10.1 Å². The predicted molar refractivity (Wildman–Crippen MR) is 43.9 cm³/mol. The molecule has 0 fully saturated rings. The predicted octanol–water partition coefficient (Wildman–Crippen LogP) is 0.392. The zero-order valence-corrected chi connectivity index (χ0v) is 7.47. The molecule has 0 amide bonds. The van der Waals surface area contributed by atoms with E-state index in [1.54, 1.807) is 6.92 Å². The average molecular weight is 181 g/mol. The van der Waals surface area contributed by atoms with E-state index in [0.29, 0.717) is 25.8 Å². The first-order chi connectivity index (χ1) is 5.02. The fourth-order valence-electron chi connectivity index (χ4n) is 0.909. The maximum atomic E-state index is 10.6. The maximum Gasteiger partial charge on any atom is 0.267 e. The minimum absolute atomic E-state index is 0.443. The second-order valence-electron chi connectivity index (χ2n) is 2.48. The molecule has 68 valence electrons. The Morgan fingerprint density at radius 3 is 2.36 bits per heavy atom. The van der Waals surface area contributed by atoms with Gasteiger partial charge in [0, 0.05) is 0 Å². The van der Waals surface area contributed by atoms with Gasteiger partial charge in [-0.2, -0.15) is 8.42 Å². The molecule has 0 saturated carbocycles. The summed E-state index contributed by atoms with van der Waals surface area (Å²) in [6, 6.07) is 0. The van der Waals surface area contributed by atoms with E-state index >= 15 is 0 Å². The van der Waals surface area contributed by atoms with Crippen molar-refractivity contribution in [3.8, 4) is 0 Å². The van der Waals surface area contributed by atoms with E-state index in [2.05, 4.69) is 0 Å². The molecule has 5 heteroatoms. The van der Waals surface area contributed by atoms with Crippen LogP contribution in [0.4, 0.5) is 0 Å². The monoisotopic (exact) mass is 181 g/mol. The largest absolute Gasteiger partial charge is 0.330 e. The number of rotatable bonds is 5. The Morgan fingerprint density at radius 1 is 1.55 bits per heavy atom. The number of nitrogens with two attached hydrogens (primary N) is 1. The van der Waals surface area contributed by atoms with Gasteiger partial charge in [0.05, 0.1) is 5.25 Å². The molecule has 0 heterocycles. The Labute approximate surface area is 67.5 Å². The van der Waals surface area contributed by atoms with Crippen LogP contribution < -0.4 is 5.73 Å². The highest BCUT2D eigenvalue weighted by Crippen LogP contribution is 2.09. The Morgan fingerprint density at radius 2 is 2.09 bits per heavy atom. The molecule has 0 aliphatic heterocycles. The summed E-state index contributed by atoms with van der Waals surface area (Å²) >= 11 is 0. The van der Waals surface area contributed by atoms with Crippen LogP contribution in [0.25, 0.3) is 0 Å². The van der Waals surface area contributed by atoms with Crippen LogP contribution >= 0.6 is 0 Å². The van der Waals surface area contributed by atoms with Crippen molar-refractivity contribution in [1.29, 1.82) is 0 Å². The van der Waals surface area contributed by atoms with Gasteiger partial charge in [-0.15, -0.1) is 0 Å². The third-order valence-corrected chi connectivity index (χ3v) is 3.02. The van der Waals surface area contributed by atoms with E-state index < -0.39 is 15.4 Å². The summed E-state index contributed by atoms with van der Waals surface area (Å²) in [5.74, 6) is 0. The van der Waals surface area contributed by atoms with Crippen LogP contribution in [-0.2, 0) is 10.1 Å². The highest BCUT2D eigenvalue weighted by molar-refractivity contribution is 7.86. The van der Waals surface area contributed by atoms with Crippen LogP contribution in [0, 0.1) is 0 Å². The summed E-state index contributed by atoms with van der Waals surface area (Å²) in [6.07, 6.45) is 1.53. The molecule has 0 rings (SSSR count). The Hall–Kier alpha value is -0.130. The number of hydrogen-bond acceptors (Lipinski definition) is 3. The maximum absolute atomic E-state index is 10.6. The van der Waals surface area contributed by atoms with Crippen LogP contribution in [0.5, 0.6) is 0 Å². The zero-order chi connectivity index (χ0) is 8.91. The van der Waals surface area contributed by atoms with Gasteiger partial charge >= 0.3 is 0 Å². The summed E-state index contributed by atoms with van der Waals surface area (Å²) in [5.41, 5.74) is 5.20. The van der Waals surface area contributed by atoms with Gasteiger partial charge in [-0.3, -0.25) is 4.55 Å². The van der Waals surface area contributed by atoms with E-state index in [-0.39, 0.29) is 0 Å². The number of hydrogen-bond donors (Lipinski definition) is 2. The SMILES string of the molecule is CCC(CCCN)S(=O)(=O)O. The lowest BCUT2D eigenvalue weighted by Crippen LogP contribution is -2.20. The van der Waals surface area contributed by atoms with Crippen molar-refractivity contribution < 1.29 is 13.0 Å². The minimum Gasteiger partial charge on any atom is -0.330 e. The molecule has 0 aliphatic carbocycles. The molecule has 3 N–H and O–H groups in total. The van der Waals surface area contributed by atoms with Gasteiger partial charge in [0.2, 0.25) is 0 Å². The molecule has 0 aromatic rings. The van der Waals surface area contributed by atoms with Crippen molar-refractivity contribution in [2.24, 2.45) is 5.73 Å². The van der Waals surface area contributed by atoms with Gasteiger partial charge in [-0.25, -0.2) is 0 Å². The molecule has 0 radical (unpaired) electrons. The lowest BCUT2D eigenvalue weighted by Gasteiger charge is -2.09. The van der Waals surface area contributed by atoms with Gasteiger partial charge in [-0.1, -0.05) is 6.92 Å². The molecule has 4 nitrogen and oxygen atoms in total. The quantitative estimate of drug-likeness (QED) is 0.601. The lowest BCUT2D eigenvalue weighted by molar-refractivity contribution is 0.457. The fraction of sp³-hybridized carbons (Fsp3) is 1.00. The summed E-state index contributed by atoms with van der Waals surface area (Å²) in [5, 5.41) is -0.633. The summed E-state index contributed by atoms with van der Waals surface area (Å²) < 4.78 is 29.8. The zero-order valence-electron chi connectivity index (χ0n) is 6.66. The first kappa shape index (κ1) is 10.9. The molecule has 0 aliphatic rings. The fourth-order valence-corrected chi connectivity index (χ4v) is 1.79. The average Bonchev–Trinajstić information content (AvgIpc) is 1.87. The van der Waals surface area contributed by atoms with Crippen LogP contribution in [-0.4, -0.2) is 24.8 Å². The van der Waals surface area contributed by atoms with Crippen molar-refractivity contribution in [3.05, 3.63) is 0 Å². The van der Waals surface area contributed by atoms with Crippen LogP contribution in [0.3, 0.4) is 0 Å². The summed E-state index contributed by atoms with van der Waals surface area (Å²) in [7, 11) is -3.84. The molecular formula is C6H15NO3S. The first-order valence-corrected chi connectivity index (χ1v) is 5.19. The molecule has 0 saturated heterocycles. The van der Waals surface area contributed by atoms with Crippen molar-refractivity contribution in [2.75, 3.05) is 6.54 Å². The van der Waals surface area contributed by atoms with E-state index in [9.17, 15) is 8.42 Å². The van der Waals surface area contributed by atoms with Crippen molar-refractivity contribution in [3.63, 3.8) is 0 Å². The second kappa shape index (κ2) is 4.69. The van der Waals surface area contributed by atoms with Gasteiger partial charge in [0.15, 0.2) is 0 Å². The minimum atomic E-state index is -3.84. The Bertz CT molecular complexity index is 188.